The van der Waals surface area contributed by atoms with Gasteiger partial charge in [0.2, 0.25) is 0 Å². The molecule has 0 N–H and O–H groups in total. The van der Waals surface area contributed by atoms with Gasteiger partial charge >= 0.3 is 37.9 Å². The molecule has 0 aliphatic rings. The Morgan fingerprint density at radius 3 is 1.08 bits per heavy atom. The van der Waals surface area contributed by atoms with Gasteiger partial charge in [-0.15, -0.1) is 69.1 Å². The third-order valence-corrected chi connectivity index (χ3v) is 8.60. The van der Waals surface area contributed by atoms with Gasteiger partial charge in [0.15, 0.2) is 0 Å². The van der Waals surface area contributed by atoms with E-state index in [9.17, 15) is 0 Å². The molecule has 0 nitrogen and oxygen atoms in total. The molecule has 0 aliphatic heterocycles. The Labute approximate surface area is 312 Å². The Morgan fingerprint density at radius 2 is 0.812 bits per heavy atom. The number of hydrogen-bond acceptors (Lipinski definition) is 0. The molecule has 0 spiro atoms. The molecule has 0 unspecified atom stereocenters. The van der Waals surface area contributed by atoms with Crippen LogP contribution in [-0.4, -0.2) is 9.52 Å². The monoisotopic (exact) mass is 768 g/mol. The van der Waals surface area contributed by atoms with E-state index in [1.165, 1.54) is 88.3 Å². The van der Waals surface area contributed by atoms with Gasteiger partial charge in [-0.25, -0.2) is 0 Å². The predicted molar refractivity (Wildman–Crippen MR) is 216 cm³/mol. The second-order valence-electron chi connectivity index (χ2n) is 13.7. The molecule has 6 rings (SSSR count). The molecule has 0 saturated heterocycles. The van der Waals surface area contributed by atoms with E-state index in [-0.39, 0.29) is 0 Å². The third kappa shape index (κ3) is 10.4. The molecular formula is C44H52Cl2SiZr. The quantitative estimate of drug-likeness (QED) is 0.124. The van der Waals surface area contributed by atoms with Crippen molar-refractivity contribution in [1.29, 1.82) is 0 Å². The topological polar surface area (TPSA) is 0 Å². The number of hydrogen-bond donors (Lipinski definition) is 0. The Bertz CT molecular complexity index is 1760. The van der Waals surface area contributed by atoms with E-state index in [2.05, 4.69) is 167 Å². The SMILES string of the molecule is C[Si]C.Cc1cc(C)cc(-c2c(C)ccc3[cH-]c(C(C)C)cc23)c1.Cc1cc(C)cc(-c2c(C)ccc3[cH-]c(C(C)C)cc23)c1.[Cl][Zr+2][Cl]. The van der Waals surface area contributed by atoms with Crippen LogP contribution in [0.5, 0.6) is 0 Å². The van der Waals surface area contributed by atoms with E-state index in [1.807, 2.05) is 0 Å². The summed E-state index contributed by atoms with van der Waals surface area (Å²) in [6.45, 7) is 26.5. The van der Waals surface area contributed by atoms with Crippen molar-refractivity contribution in [1.82, 2.24) is 0 Å². The second-order valence-corrected chi connectivity index (χ2v) is 18.5. The number of fused-ring (bicyclic) bond motifs is 2. The van der Waals surface area contributed by atoms with Gasteiger partial charge in [-0.1, -0.05) is 122 Å². The first kappa shape index (κ1) is 40.2. The summed E-state index contributed by atoms with van der Waals surface area (Å²) in [5.41, 5.74) is 16.4. The molecule has 0 saturated carbocycles. The number of aryl methyl sites for hydroxylation is 6. The van der Waals surface area contributed by atoms with Crippen molar-refractivity contribution >= 4 is 48.1 Å². The van der Waals surface area contributed by atoms with Crippen LogP contribution >= 0.6 is 17.0 Å². The second kappa shape index (κ2) is 18.7. The van der Waals surface area contributed by atoms with Gasteiger partial charge in [-0.05, 0) is 64.5 Å². The summed E-state index contributed by atoms with van der Waals surface area (Å²) < 4.78 is 0. The molecule has 4 heteroatoms. The van der Waals surface area contributed by atoms with Crippen molar-refractivity contribution in [3.05, 3.63) is 129 Å². The Kier molecular flexibility index (Phi) is 15.7. The molecule has 0 amide bonds. The molecule has 0 aliphatic carbocycles. The maximum absolute atomic E-state index is 4.93. The van der Waals surface area contributed by atoms with E-state index in [0.717, 1.165) is 9.52 Å². The zero-order valence-electron chi connectivity index (χ0n) is 31.0. The van der Waals surface area contributed by atoms with Crippen molar-refractivity contribution in [2.24, 2.45) is 0 Å². The van der Waals surface area contributed by atoms with Crippen molar-refractivity contribution < 1.29 is 20.8 Å². The zero-order valence-corrected chi connectivity index (χ0v) is 36.0. The number of rotatable bonds is 4. The fourth-order valence-corrected chi connectivity index (χ4v) is 6.50. The first-order chi connectivity index (χ1) is 22.7. The molecule has 250 valence electrons. The van der Waals surface area contributed by atoms with Crippen LogP contribution in [0.4, 0.5) is 0 Å². The molecule has 0 bridgehead atoms. The summed E-state index contributed by atoms with van der Waals surface area (Å²) >= 11 is -0.826. The summed E-state index contributed by atoms with van der Waals surface area (Å²) in [6, 6.07) is 32.1. The minimum absolute atomic E-state index is 0.574. The summed E-state index contributed by atoms with van der Waals surface area (Å²) in [6.07, 6.45) is 0. The van der Waals surface area contributed by atoms with E-state index >= 15 is 0 Å². The molecule has 0 heterocycles. The van der Waals surface area contributed by atoms with Crippen LogP contribution in [0.1, 0.15) is 84.0 Å². The summed E-state index contributed by atoms with van der Waals surface area (Å²) in [7, 11) is 11.0. The maximum atomic E-state index is 4.93. The normalized spacial score (nSPS) is 10.7. The first-order valence-corrected chi connectivity index (χ1v) is 25.2. The molecule has 0 aromatic heterocycles. The van der Waals surface area contributed by atoms with E-state index in [4.69, 9.17) is 17.0 Å². The fraction of sp³-hybridized carbons (Fsp3) is 0.318. The van der Waals surface area contributed by atoms with Gasteiger partial charge in [-0.2, -0.15) is 12.1 Å². The van der Waals surface area contributed by atoms with Gasteiger partial charge in [0.25, 0.3) is 0 Å². The van der Waals surface area contributed by atoms with Crippen molar-refractivity contribution in [2.45, 2.75) is 94.2 Å². The van der Waals surface area contributed by atoms with Crippen LogP contribution in [0.15, 0.2) is 84.9 Å². The van der Waals surface area contributed by atoms with Crippen LogP contribution in [-0.2, 0) is 20.8 Å². The van der Waals surface area contributed by atoms with Crippen LogP contribution in [0.25, 0.3) is 43.8 Å². The van der Waals surface area contributed by atoms with Crippen LogP contribution < -0.4 is 0 Å². The predicted octanol–water partition coefficient (Wildman–Crippen LogP) is 14.7. The number of halogens is 2. The zero-order chi connectivity index (χ0) is 35.7. The molecule has 6 aromatic carbocycles. The average molecular weight is 771 g/mol. The molecule has 0 atom stereocenters. The number of benzene rings is 4. The van der Waals surface area contributed by atoms with Crippen LogP contribution in [0, 0.1) is 41.5 Å². The Morgan fingerprint density at radius 1 is 0.521 bits per heavy atom. The van der Waals surface area contributed by atoms with Crippen LogP contribution in [0.2, 0.25) is 13.1 Å². The van der Waals surface area contributed by atoms with Gasteiger partial charge < -0.3 is 0 Å². The molecule has 6 aromatic rings. The van der Waals surface area contributed by atoms with Gasteiger partial charge in [0.05, 0.1) is 0 Å². The van der Waals surface area contributed by atoms with Gasteiger partial charge in [0.1, 0.15) is 0 Å². The minimum atomic E-state index is -0.826. The summed E-state index contributed by atoms with van der Waals surface area (Å²) in [5.74, 6) is 1.15. The van der Waals surface area contributed by atoms with Crippen molar-refractivity contribution in [3.8, 4) is 22.3 Å². The van der Waals surface area contributed by atoms with E-state index in [1.54, 1.807) is 0 Å². The van der Waals surface area contributed by atoms with Crippen LogP contribution in [0.3, 0.4) is 0 Å². The molecule has 2 radical (unpaired) electrons. The Hall–Kier alpha value is -2.22. The van der Waals surface area contributed by atoms with Gasteiger partial charge in [-0.3, -0.25) is 0 Å². The molecule has 48 heavy (non-hydrogen) atoms. The first-order valence-electron chi connectivity index (χ1n) is 16.9. The fourth-order valence-electron chi connectivity index (χ4n) is 6.50. The van der Waals surface area contributed by atoms with Gasteiger partial charge in [0, 0.05) is 9.52 Å². The standard InChI is InChI=1S/2C21H23.C2H6Si.2ClH.Zr/c2*1-13(2)18-11-17-7-6-16(5)21(20(17)12-18)19-9-14(3)8-15(4)10-19;1-3-2;;;/h2*6-13H,1-5H3;1-2H3;2*1H;/q2*-1;;;;+4/p-2. The third-order valence-electron chi connectivity index (χ3n) is 8.60. The van der Waals surface area contributed by atoms with E-state index < -0.39 is 20.8 Å². The summed E-state index contributed by atoms with van der Waals surface area (Å²) in [5, 5.41) is 5.50. The van der Waals surface area contributed by atoms with Crippen molar-refractivity contribution in [3.63, 3.8) is 0 Å². The van der Waals surface area contributed by atoms with E-state index in [0.29, 0.717) is 11.8 Å². The molecular weight excluding hydrogens is 719 g/mol. The summed E-state index contributed by atoms with van der Waals surface area (Å²) in [4.78, 5) is 0. The van der Waals surface area contributed by atoms with Crippen molar-refractivity contribution in [2.75, 3.05) is 0 Å². The average Bonchev–Trinajstić information content (AvgIpc) is 3.62. The Balaban J connectivity index is 0.000000224. The molecule has 0 fully saturated rings.